The number of nitrogens with one attached hydrogen (secondary N) is 2. The van der Waals surface area contributed by atoms with Crippen LogP contribution in [0.3, 0.4) is 0 Å². The highest BCUT2D eigenvalue weighted by Crippen LogP contribution is 2.31. The third-order valence-corrected chi connectivity index (χ3v) is 6.10. The molecule has 33 heavy (non-hydrogen) atoms. The van der Waals surface area contributed by atoms with Crippen LogP contribution in [0.25, 0.3) is 0 Å². The number of imide groups is 1. The van der Waals surface area contributed by atoms with Gasteiger partial charge in [0, 0.05) is 24.1 Å². The third kappa shape index (κ3) is 4.18. The molecule has 9 heteroatoms. The molecule has 170 valence electrons. The number of hydrogen-bond donors (Lipinski definition) is 2. The standard InChI is InChI=1S/C24H22FN3O5/c25-21-17(22(30)26-11-13-1-3-14(4-2-13)33-15-5-6-15)8-7-16-18(21)12-28(24(16)32)19-9-10-20(29)27-23(19)31/h1-4,7-8,15,19H,5-6,9-12H2,(H,26,30)(H,27,29,31). The van der Waals surface area contributed by atoms with Crippen LogP contribution in [0.1, 0.15) is 57.5 Å². The molecule has 2 aromatic carbocycles. The van der Waals surface area contributed by atoms with E-state index >= 15 is 4.39 Å². The summed E-state index contributed by atoms with van der Waals surface area (Å²) >= 11 is 0. The van der Waals surface area contributed by atoms with Gasteiger partial charge in [-0.15, -0.1) is 0 Å². The summed E-state index contributed by atoms with van der Waals surface area (Å²) in [6.45, 7) is 0.0796. The molecule has 0 radical (unpaired) electrons. The molecule has 0 bridgehead atoms. The molecule has 8 nitrogen and oxygen atoms in total. The van der Waals surface area contributed by atoms with E-state index in [4.69, 9.17) is 4.74 Å². The van der Waals surface area contributed by atoms with Gasteiger partial charge in [0.05, 0.1) is 18.2 Å². The summed E-state index contributed by atoms with van der Waals surface area (Å²) in [5.74, 6) is -2.04. The minimum Gasteiger partial charge on any atom is -0.490 e. The summed E-state index contributed by atoms with van der Waals surface area (Å²) in [4.78, 5) is 50.2. The Balaban J connectivity index is 1.26. The van der Waals surface area contributed by atoms with Crippen molar-refractivity contribution < 1.29 is 28.3 Å². The Hall–Kier alpha value is -3.75. The van der Waals surface area contributed by atoms with Crippen LogP contribution < -0.4 is 15.4 Å². The second-order valence-corrected chi connectivity index (χ2v) is 8.50. The first kappa shape index (κ1) is 21.1. The van der Waals surface area contributed by atoms with Gasteiger partial charge in [-0.3, -0.25) is 24.5 Å². The molecule has 0 spiro atoms. The normalized spacial score (nSPS) is 19.8. The van der Waals surface area contributed by atoms with Gasteiger partial charge in [-0.2, -0.15) is 0 Å². The first-order valence-electron chi connectivity index (χ1n) is 10.9. The molecule has 1 saturated carbocycles. The summed E-state index contributed by atoms with van der Waals surface area (Å²) in [7, 11) is 0. The van der Waals surface area contributed by atoms with Gasteiger partial charge in [-0.25, -0.2) is 4.39 Å². The first-order valence-corrected chi connectivity index (χ1v) is 10.9. The molecule has 1 aliphatic carbocycles. The molecule has 2 aromatic rings. The molecule has 3 aliphatic rings. The van der Waals surface area contributed by atoms with Crippen LogP contribution in [0.5, 0.6) is 5.75 Å². The highest BCUT2D eigenvalue weighted by Gasteiger charge is 2.40. The van der Waals surface area contributed by atoms with Crippen LogP contribution in [0.2, 0.25) is 0 Å². The van der Waals surface area contributed by atoms with Gasteiger partial charge in [0.15, 0.2) is 0 Å². The molecule has 0 aromatic heterocycles. The van der Waals surface area contributed by atoms with Crippen molar-refractivity contribution in [2.75, 3.05) is 0 Å². The maximum absolute atomic E-state index is 15.2. The second kappa shape index (κ2) is 8.31. The van der Waals surface area contributed by atoms with Crippen molar-refractivity contribution in [1.29, 1.82) is 0 Å². The van der Waals surface area contributed by atoms with E-state index in [0.29, 0.717) is 6.10 Å². The fraction of sp³-hybridized carbons (Fsp3) is 0.333. The number of piperidine rings is 1. The largest absolute Gasteiger partial charge is 0.490 e. The molecular formula is C24H22FN3O5. The molecule has 1 saturated heterocycles. The van der Waals surface area contributed by atoms with Gasteiger partial charge < -0.3 is 15.0 Å². The van der Waals surface area contributed by atoms with Crippen molar-refractivity contribution in [3.8, 4) is 5.75 Å². The molecule has 2 heterocycles. The Labute approximate surface area is 189 Å². The number of halogens is 1. The molecule has 1 atom stereocenters. The number of rotatable bonds is 6. The Kier molecular flexibility index (Phi) is 5.32. The van der Waals surface area contributed by atoms with Crippen molar-refractivity contribution in [3.05, 3.63) is 64.5 Å². The SMILES string of the molecule is O=C1CCC(N2Cc3c(ccc(C(=O)NCc4ccc(OC5CC5)cc4)c3F)C2=O)C(=O)N1. The van der Waals surface area contributed by atoms with Crippen LogP contribution in [0.15, 0.2) is 36.4 Å². The van der Waals surface area contributed by atoms with Crippen molar-refractivity contribution in [1.82, 2.24) is 15.5 Å². The average molecular weight is 451 g/mol. The Morgan fingerprint density at radius 2 is 1.85 bits per heavy atom. The van der Waals surface area contributed by atoms with E-state index in [2.05, 4.69) is 10.6 Å². The van der Waals surface area contributed by atoms with Crippen molar-refractivity contribution in [2.24, 2.45) is 0 Å². The lowest BCUT2D eigenvalue weighted by atomic mass is 10.0. The Morgan fingerprint density at radius 3 is 2.55 bits per heavy atom. The van der Waals surface area contributed by atoms with Gasteiger partial charge in [0.1, 0.15) is 17.6 Å². The van der Waals surface area contributed by atoms with Crippen molar-refractivity contribution >= 4 is 23.6 Å². The van der Waals surface area contributed by atoms with Gasteiger partial charge in [-0.1, -0.05) is 12.1 Å². The smallest absolute Gasteiger partial charge is 0.255 e. The monoisotopic (exact) mass is 451 g/mol. The maximum atomic E-state index is 15.2. The minimum atomic E-state index is -0.842. The molecule has 4 amide bonds. The summed E-state index contributed by atoms with van der Waals surface area (Å²) < 4.78 is 20.9. The quantitative estimate of drug-likeness (QED) is 0.655. The predicted octanol–water partition coefficient (Wildman–Crippen LogP) is 2.06. The van der Waals surface area contributed by atoms with E-state index in [1.807, 2.05) is 24.3 Å². The second-order valence-electron chi connectivity index (χ2n) is 8.50. The Bertz CT molecular complexity index is 1160. The highest BCUT2D eigenvalue weighted by atomic mass is 19.1. The molecule has 2 fully saturated rings. The van der Waals surface area contributed by atoms with Crippen LogP contribution in [-0.4, -0.2) is 40.7 Å². The highest BCUT2D eigenvalue weighted by molar-refractivity contribution is 6.06. The molecule has 2 N–H and O–H groups in total. The van der Waals surface area contributed by atoms with E-state index in [9.17, 15) is 19.2 Å². The zero-order chi connectivity index (χ0) is 23.1. The van der Waals surface area contributed by atoms with Crippen LogP contribution in [0, 0.1) is 5.82 Å². The fourth-order valence-electron chi connectivity index (χ4n) is 4.12. The third-order valence-electron chi connectivity index (χ3n) is 6.10. The number of carbonyl (C=O) groups excluding carboxylic acids is 4. The predicted molar refractivity (Wildman–Crippen MR) is 114 cm³/mol. The van der Waals surface area contributed by atoms with E-state index in [0.717, 1.165) is 24.2 Å². The zero-order valence-electron chi connectivity index (χ0n) is 17.7. The number of nitrogens with zero attached hydrogens (tertiary/aromatic N) is 1. The minimum absolute atomic E-state index is 0.0823. The number of carbonyl (C=O) groups is 4. The number of benzene rings is 2. The summed E-state index contributed by atoms with van der Waals surface area (Å²) in [5, 5.41) is 4.91. The van der Waals surface area contributed by atoms with Crippen molar-refractivity contribution in [2.45, 2.75) is 50.9 Å². The summed E-state index contributed by atoms with van der Waals surface area (Å²) in [6.07, 6.45) is 2.74. The van der Waals surface area contributed by atoms with Crippen LogP contribution in [0.4, 0.5) is 4.39 Å². The number of ether oxygens (including phenoxy) is 1. The van der Waals surface area contributed by atoms with Crippen LogP contribution in [-0.2, 0) is 22.7 Å². The lowest BCUT2D eigenvalue weighted by Gasteiger charge is -2.29. The molecule has 2 aliphatic heterocycles. The molecular weight excluding hydrogens is 429 g/mol. The van der Waals surface area contributed by atoms with E-state index in [-0.39, 0.29) is 42.6 Å². The maximum Gasteiger partial charge on any atom is 0.255 e. The number of hydrogen-bond acceptors (Lipinski definition) is 5. The van der Waals surface area contributed by atoms with E-state index in [1.54, 1.807) is 0 Å². The number of fused-ring (bicyclic) bond motifs is 1. The van der Waals surface area contributed by atoms with E-state index < -0.39 is 35.5 Å². The lowest BCUT2D eigenvalue weighted by molar-refractivity contribution is -0.136. The average Bonchev–Trinajstić information content (AvgIpc) is 3.55. The summed E-state index contributed by atoms with van der Waals surface area (Å²) in [5.41, 5.74) is 0.881. The summed E-state index contributed by atoms with van der Waals surface area (Å²) in [6, 6.07) is 9.20. The van der Waals surface area contributed by atoms with E-state index in [1.165, 1.54) is 17.0 Å². The fourth-order valence-corrected chi connectivity index (χ4v) is 4.12. The van der Waals surface area contributed by atoms with Crippen LogP contribution >= 0.6 is 0 Å². The molecule has 1 unspecified atom stereocenters. The van der Waals surface area contributed by atoms with Gasteiger partial charge in [0.25, 0.3) is 11.8 Å². The lowest BCUT2D eigenvalue weighted by Crippen LogP contribution is -2.52. The first-order chi connectivity index (χ1) is 15.9. The Morgan fingerprint density at radius 1 is 1.09 bits per heavy atom. The zero-order valence-corrected chi connectivity index (χ0v) is 17.7. The molecule has 5 rings (SSSR count). The van der Waals surface area contributed by atoms with Gasteiger partial charge in [-0.05, 0) is 49.1 Å². The van der Waals surface area contributed by atoms with Gasteiger partial charge in [0.2, 0.25) is 11.8 Å². The van der Waals surface area contributed by atoms with Gasteiger partial charge >= 0.3 is 0 Å². The number of amides is 4. The van der Waals surface area contributed by atoms with Crippen molar-refractivity contribution in [3.63, 3.8) is 0 Å². The topological polar surface area (TPSA) is 105 Å².